The minimum absolute atomic E-state index is 0.0538. The van der Waals surface area contributed by atoms with Gasteiger partial charge >= 0.3 is 0 Å². The van der Waals surface area contributed by atoms with E-state index in [2.05, 4.69) is 25.1 Å². The largest absolute Gasteiger partial charge is 0.339 e. The molecule has 5 nitrogen and oxygen atoms in total. The molecule has 0 aromatic carbocycles. The number of carbonyl (C=O) groups is 2. The fourth-order valence-corrected chi connectivity index (χ4v) is 2.40. The summed E-state index contributed by atoms with van der Waals surface area (Å²) in [6.07, 6.45) is 6.34. The highest BCUT2D eigenvalue weighted by molar-refractivity contribution is 5.87. The average molecular weight is 293 g/mol. The van der Waals surface area contributed by atoms with Gasteiger partial charge in [-0.25, -0.2) is 0 Å². The van der Waals surface area contributed by atoms with Crippen LogP contribution >= 0.6 is 0 Å². The smallest absolute Gasteiger partial charge is 0.246 e. The van der Waals surface area contributed by atoms with Crippen LogP contribution in [0.25, 0.3) is 0 Å². The van der Waals surface area contributed by atoms with E-state index < -0.39 is 0 Å². The van der Waals surface area contributed by atoms with Crippen LogP contribution in [0.4, 0.5) is 0 Å². The minimum Gasteiger partial charge on any atom is -0.339 e. The molecular formula is C16H27N3O2. The summed E-state index contributed by atoms with van der Waals surface area (Å²) in [6.45, 7) is 12.4. The first-order valence-corrected chi connectivity index (χ1v) is 7.59. The van der Waals surface area contributed by atoms with Crippen molar-refractivity contribution >= 4 is 11.8 Å². The van der Waals surface area contributed by atoms with E-state index in [9.17, 15) is 9.59 Å². The summed E-state index contributed by atoms with van der Waals surface area (Å²) < 4.78 is 0. The van der Waals surface area contributed by atoms with Crippen LogP contribution in [0.1, 0.15) is 19.3 Å². The van der Waals surface area contributed by atoms with Gasteiger partial charge in [0.15, 0.2) is 0 Å². The fraction of sp³-hybridized carbons (Fsp3) is 0.625. The second-order valence-electron chi connectivity index (χ2n) is 5.42. The van der Waals surface area contributed by atoms with Gasteiger partial charge in [-0.2, -0.15) is 0 Å². The van der Waals surface area contributed by atoms with Gasteiger partial charge in [-0.1, -0.05) is 13.2 Å². The molecule has 2 aliphatic heterocycles. The standard InChI is InChI=1S/C8H14N2O.C8H13NO/c1-3-8(11)10-6-4-9(2)5-7-10;1-2-8(10)9-6-4-3-5-7-9/h3H,1,4-7H2,2H3;2H,1,3-7H2. The van der Waals surface area contributed by atoms with Gasteiger partial charge in [0, 0.05) is 39.3 Å². The molecule has 2 rings (SSSR count). The maximum Gasteiger partial charge on any atom is 0.246 e. The molecule has 0 N–H and O–H groups in total. The molecule has 0 unspecified atom stereocenters. The van der Waals surface area contributed by atoms with E-state index >= 15 is 0 Å². The lowest BCUT2D eigenvalue weighted by atomic mass is 10.1. The molecular weight excluding hydrogens is 266 g/mol. The number of likely N-dealkylation sites (tertiary alicyclic amines) is 1. The highest BCUT2D eigenvalue weighted by Gasteiger charge is 2.16. The molecule has 0 spiro atoms. The molecule has 21 heavy (non-hydrogen) atoms. The normalized spacial score (nSPS) is 19.3. The lowest BCUT2D eigenvalue weighted by Crippen LogP contribution is -2.46. The van der Waals surface area contributed by atoms with Crippen LogP contribution in [0.15, 0.2) is 25.3 Å². The molecule has 2 amide bonds. The quantitative estimate of drug-likeness (QED) is 0.717. The number of hydrogen-bond donors (Lipinski definition) is 0. The third-order valence-electron chi connectivity index (χ3n) is 3.83. The highest BCUT2D eigenvalue weighted by Crippen LogP contribution is 2.08. The zero-order valence-electron chi connectivity index (χ0n) is 13.1. The maximum absolute atomic E-state index is 11.1. The van der Waals surface area contributed by atoms with Gasteiger partial charge in [-0.15, -0.1) is 0 Å². The Hall–Kier alpha value is -1.62. The number of piperazine rings is 1. The Morgan fingerprint density at radius 1 is 0.762 bits per heavy atom. The van der Waals surface area contributed by atoms with Gasteiger partial charge in [0.25, 0.3) is 0 Å². The maximum atomic E-state index is 11.1. The number of likely N-dealkylation sites (N-methyl/N-ethyl adjacent to an activating group) is 1. The van der Waals surface area contributed by atoms with Gasteiger partial charge in [-0.3, -0.25) is 9.59 Å². The molecule has 2 fully saturated rings. The number of rotatable bonds is 2. The van der Waals surface area contributed by atoms with E-state index in [-0.39, 0.29) is 11.8 Å². The summed E-state index contributed by atoms with van der Waals surface area (Å²) >= 11 is 0. The number of hydrogen-bond acceptors (Lipinski definition) is 3. The van der Waals surface area contributed by atoms with Crippen LogP contribution < -0.4 is 0 Å². The number of carbonyl (C=O) groups excluding carboxylic acids is 2. The van der Waals surface area contributed by atoms with E-state index in [1.54, 1.807) is 0 Å². The summed E-state index contributed by atoms with van der Waals surface area (Å²) in [5.41, 5.74) is 0. The van der Waals surface area contributed by atoms with Crippen LogP contribution in [0, 0.1) is 0 Å². The van der Waals surface area contributed by atoms with Crippen LogP contribution in [0.5, 0.6) is 0 Å². The third-order valence-corrected chi connectivity index (χ3v) is 3.83. The first-order valence-electron chi connectivity index (χ1n) is 7.59. The lowest BCUT2D eigenvalue weighted by molar-refractivity contribution is -0.128. The van der Waals surface area contributed by atoms with Crippen LogP contribution in [-0.2, 0) is 9.59 Å². The van der Waals surface area contributed by atoms with E-state index in [4.69, 9.17) is 0 Å². The predicted octanol–water partition coefficient (Wildman–Crippen LogP) is 1.13. The Balaban J connectivity index is 0.000000211. The van der Waals surface area contributed by atoms with Crippen molar-refractivity contribution in [3.05, 3.63) is 25.3 Å². The van der Waals surface area contributed by atoms with E-state index in [1.807, 2.05) is 9.80 Å². The summed E-state index contributed by atoms with van der Waals surface area (Å²) in [6, 6.07) is 0. The van der Waals surface area contributed by atoms with Gasteiger partial charge in [-0.05, 0) is 38.5 Å². The molecule has 0 aromatic rings. The fourth-order valence-electron chi connectivity index (χ4n) is 2.40. The number of nitrogens with zero attached hydrogens (tertiary/aromatic N) is 3. The van der Waals surface area contributed by atoms with Crippen LogP contribution in [0.3, 0.4) is 0 Å². The predicted molar refractivity (Wildman–Crippen MR) is 84.9 cm³/mol. The van der Waals surface area contributed by atoms with Gasteiger partial charge in [0.1, 0.15) is 0 Å². The summed E-state index contributed by atoms with van der Waals surface area (Å²) in [5.74, 6) is 0.137. The van der Waals surface area contributed by atoms with Gasteiger partial charge < -0.3 is 14.7 Å². The zero-order valence-corrected chi connectivity index (χ0v) is 13.1. The topological polar surface area (TPSA) is 43.9 Å². The summed E-state index contributed by atoms with van der Waals surface area (Å²) in [7, 11) is 2.07. The van der Waals surface area contributed by atoms with Crippen molar-refractivity contribution in [3.8, 4) is 0 Å². The highest BCUT2D eigenvalue weighted by atomic mass is 16.2. The Kier molecular flexibility index (Phi) is 7.75. The van der Waals surface area contributed by atoms with Crippen molar-refractivity contribution in [1.29, 1.82) is 0 Å². The zero-order chi connectivity index (χ0) is 15.7. The minimum atomic E-state index is 0.0538. The summed E-state index contributed by atoms with van der Waals surface area (Å²) in [4.78, 5) is 27.9. The number of amides is 2. The Bertz CT molecular complexity index is 368. The molecule has 2 saturated heterocycles. The van der Waals surface area contributed by atoms with E-state index in [0.717, 1.165) is 52.1 Å². The Morgan fingerprint density at radius 3 is 1.62 bits per heavy atom. The van der Waals surface area contributed by atoms with E-state index in [0.29, 0.717) is 0 Å². The Labute approximate surface area is 127 Å². The van der Waals surface area contributed by atoms with Crippen molar-refractivity contribution < 1.29 is 9.59 Å². The SMILES string of the molecule is C=CC(=O)N1CCCCC1.C=CC(=O)N1CCN(C)CC1. The van der Waals surface area contributed by atoms with Crippen molar-refractivity contribution in [3.63, 3.8) is 0 Å². The average Bonchev–Trinajstić information content (AvgIpc) is 2.55. The van der Waals surface area contributed by atoms with Crippen LogP contribution in [-0.4, -0.2) is 72.8 Å². The van der Waals surface area contributed by atoms with Crippen molar-refractivity contribution in [1.82, 2.24) is 14.7 Å². The second kappa shape index (κ2) is 9.34. The molecule has 0 aromatic heterocycles. The molecule has 0 bridgehead atoms. The third kappa shape index (κ3) is 6.12. The molecule has 5 heteroatoms. The molecule has 0 radical (unpaired) electrons. The van der Waals surface area contributed by atoms with E-state index in [1.165, 1.54) is 18.6 Å². The van der Waals surface area contributed by atoms with Gasteiger partial charge in [0.2, 0.25) is 11.8 Å². The monoisotopic (exact) mass is 293 g/mol. The molecule has 2 aliphatic rings. The first kappa shape index (κ1) is 17.4. The first-order chi connectivity index (χ1) is 10.1. The van der Waals surface area contributed by atoms with Crippen LogP contribution in [0.2, 0.25) is 0 Å². The molecule has 0 aliphatic carbocycles. The Morgan fingerprint density at radius 2 is 1.19 bits per heavy atom. The molecule has 2 heterocycles. The second-order valence-corrected chi connectivity index (χ2v) is 5.42. The lowest BCUT2D eigenvalue weighted by Gasteiger charge is -2.31. The summed E-state index contributed by atoms with van der Waals surface area (Å²) in [5, 5.41) is 0. The van der Waals surface area contributed by atoms with Crippen molar-refractivity contribution in [2.24, 2.45) is 0 Å². The molecule has 0 saturated carbocycles. The molecule has 118 valence electrons. The van der Waals surface area contributed by atoms with Crippen molar-refractivity contribution in [2.75, 3.05) is 46.3 Å². The molecule has 0 atom stereocenters. The number of piperidine rings is 1. The van der Waals surface area contributed by atoms with Gasteiger partial charge in [0.05, 0.1) is 0 Å². The van der Waals surface area contributed by atoms with Crippen molar-refractivity contribution in [2.45, 2.75) is 19.3 Å².